The van der Waals surface area contributed by atoms with E-state index in [4.69, 9.17) is 10.5 Å². The van der Waals surface area contributed by atoms with Crippen LogP contribution in [0, 0.1) is 5.82 Å². The Balaban J connectivity index is 1.76. The number of nitrogens with two attached hydrogens (primary N) is 1. The first kappa shape index (κ1) is 13.8. The monoisotopic (exact) mass is 266 g/mol. The molecule has 1 aromatic rings. The van der Waals surface area contributed by atoms with E-state index in [1.165, 1.54) is 6.07 Å². The lowest BCUT2D eigenvalue weighted by atomic mass is 10.1. The van der Waals surface area contributed by atoms with Gasteiger partial charge in [0, 0.05) is 19.1 Å². The van der Waals surface area contributed by atoms with E-state index in [0.29, 0.717) is 6.54 Å². The molecule has 1 amide bonds. The molecule has 2 rings (SSSR count). The Kier molecular flexibility index (Phi) is 4.74. The van der Waals surface area contributed by atoms with Crippen molar-refractivity contribution < 1.29 is 13.9 Å². The summed E-state index contributed by atoms with van der Waals surface area (Å²) in [6.07, 6.45) is 2.16. The number of hydrogen-bond donors (Lipinski definition) is 1. The lowest BCUT2D eigenvalue weighted by Crippen LogP contribution is -2.46. The molecule has 0 radical (unpaired) electrons. The van der Waals surface area contributed by atoms with Gasteiger partial charge in [0.15, 0.2) is 11.6 Å². The van der Waals surface area contributed by atoms with E-state index in [1.54, 1.807) is 23.1 Å². The molecular formula is C14H19FN2O2. The number of ether oxygens (including phenoxy) is 1. The Labute approximate surface area is 112 Å². The molecule has 1 aliphatic rings. The quantitative estimate of drug-likeness (QED) is 0.899. The van der Waals surface area contributed by atoms with Crippen LogP contribution in [0.15, 0.2) is 24.3 Å². The fourth-order valence-electron chi connectivity index (χ4n) is 2.20. The van der Waals surface area contributed by atoms with Crippen molar-refractivity contribution in [3.05, 3.63) is 30.1 Å². The number of carbonyl (C=O) groups excluding carboxylic acids is 1. The lowest BCUT2D eigenvalue weighted by Gasteiger charge is -2.30. The fraction of sp³-hybridized carbons (Fsp3) is 0.500. The van der Waals surface area contributed by atoms with Crippen molar-refractivity contribution in [3.8, 4) is 5.75 Å². The van der Waals surface area contributed by atoms with Gasteiger partial charge in [-0.2, -0.15) is 0 Å². The van der Waals surface area contributed by atoms with Gasteiger partial charge < -0.3 is 15.4 Å². The molecule has 0 saturated carbocycles. The van der Waals surface area contributed by atoms with Gasteiger partial charge in [0.1, 0.15) is 0 Å². The van der Waals surface area contributed by atoms with Crippen LogP contribution >= 0.6 is 0 Å². The smallest absolute Gasteiger partial charge is 0.226 e. The first-order valence-corrected chi connectivity index (χ1v) is 6.57. The Bertz CT molecular complexity index is 439. The predicted molar refractivity (Wildman–Crippen MR) is 70.3 cm³/mol. The van der Waals surface area contributed by atoms with E-state index in [9.17, 15) is 9.18 Å². The largest absolute Gasteiger partial charge is 0.490 e. The molecule has 19 heavy (non-hydrogen) atoms. The first-order chi connectivity index (χ1) is 9.16. The standard InChI is InChI=1S/C14H19FN2O2/c15-12-5-1-2-6-13(12)19-9-7-14(18)17-8-3-4-11(16)10-17/h1-2,5-6,11H,3-4,7-10,16H2. The summed E-state index contributed by atoms with van der Waals surface area (Å²) in [7, 11) is 0. The molecule has 1 aromatic carbocycles. The van der Waals surface area contributed by atoms with Crippen LogP contribution in [-0.2, 0) is 4.79 Å². The van der Waals surface area contributed by atoms with Crippen LogP contribution in [0.3, 0.4) is 0 Å². The number of benzene rings is 1. The number of para-hydroxylation sites is 1. The summed E-state index contributed by atoms with van der Waals surface area (Å²) in [4.78, 5) is 13.7. The van der Waals surface area contributed by atoms with Gasteiger partial charge in [-0.05, 0) is 25.0 Å². The second-order valence-electron chi connectivity index (χ2n) is 4.77. The average molecular weight is 266 g/mol. The maximum Gasteiger partial charge on any atom is 0.226 e. The molecule has 1 heterocycles. The second kappa shape index (κ2) is 6.52. The van der Waals surface area contributed by atoms with E-state index in [0.717, 1.165) is 19.4 Å². The molecule has 0 aromatic heterocycles. The van der Waals surface area contributed by atoms with Gasteiger partial charge in [-0.1, -0.05) is 12.1 Å². The molecule has 1 aliphatic heterocycles. The number of halogens is 1. The van der Waals surface area contributed by atoms with Crippen molar-refractivity contribution in [2.75, 3.05) is 19.7 Å². The zero-order chi connectivity index (χ0) is 13.7. The van der Waals surface area contributed by atoms with E-state index in [2.05, 4.69) is 0 Å². The molecule has 1 unspecified atom stereocenters. The van der Waals surface area contributed by atoms with Gasteiger partial charge in [-0.25, -0.2) is 4.39 Å². The van der Waals surface area contributed by atoms with Crippen molar-refractivity contribution in [2.45, 2.75) is 25.3 Å². The molecular weight excluding hydrogens is 247 g/mol. The van der Waals surface area contributed by atoms with Crippen molar-refractivity contribution >= 4 is 5.91 Å². The number of rotatable bonds is 4. The van der Waals surface area contributed by atoms with Crippen LogP contribution in [0.4, 0.5) is 4.39 Å². The summed E-state index contributed by atoms with van der Waals surface area (Å²) in [5.41, 5.74) is 5.83. The first-order valence-electron chi connectivity index (χ1n) is 6.57. The van der Waals surface area contributed by atoms with Crippen molar-refractivity contribution in [2.24, 2.45) is 5.73 Å². The molecule has 0 spiro atoms. The molecule has 2 N–H and O–H groups in total. The predicted octanol–water partition coefficient (Wildman–Crippen LogP) is 1.54. The second-order valence-corrected chi connectivity index (χ2v) is 4.77. The highest BCUT2D eigenvalue weighted by atomic mass is 19.1. The van der Waals surface area contributed by atoms with Gasteiger partial charge in [0.05, 0.1) is 13.0 Å². The third-order valence-electron chi connectivity index (χ3n) is 3.22. The number of likely N-dealkylation sites (tertiary alicyclic amines) is 1. The van der Waals surface area contributed by atoms with Crippen LogP contribution in [0.2, 0.25) is 0 Å². The zero-order valence-corrected chi connectivity index (χ0v) is 10.8. The van der Waals surface area contributed by atoms with Crippen LogP contribution in [-0.4, -0.2) is 36.5 Å². The number of piperidine rings is 1. The molecule has 1 saturated heterocycles. The van der Waals surface area contributed by atoms with Crippen molar-refractivity contribution in [3.63, 3.8) is 0 Å². The summed E-state index contributed by atoms with van der Waals surface area (Å²) in [5.74, 6) is -0.202. The molecule has 104 valence electrons. The van der Waals surface area contributed by atoms with Crippen LogP contribution in [0.25, 0.3) is 0 Å². The Hall–Kier alpha value is -1.62. The van der Waals surface area contributed by atoms with Crippen LogP contribution in [0.5, 0.6) is 5.75 Å². The highest BCUT2D eigenvalue weighted by molar-refractivity contribution is 5.76. The number of nitrogens with zero attached hydrogens (tertiary/aromatic N) is 1. The topological polar surface area (TPSA) is 55.6 Å². The van der Waals surface area contributed by atoms with E-state index in [1.807, 2.05) is 0 Å². The summed E-state index contributed by atoms with van der Waals surface area (Å²) in [5, 5.41) is 0. The molecule has 0 aliphatic carbocycles. The van der Waals surface area contributed by atoms with Crippen LogP contribution < -0.4 is 10.5 Å². The van der Waals surface area contributed by atoms with Gasteiger partial charge in [-0.3, -0.25) is 4.79 Å². The molecule has 5 heteroatoms. The third-order valence-corrected chi connectivity index (χ3v) is 3.22. The molecule has 1 atom stereocenters. The van der Waals surface area contributed by atoms with Gasteiger partial charge in [0.25, 0.3) is 0 Å². The van der Waals surface area contributed by atoms with Gasteiger partial charge >= 0.3 is 0 Å². The van der Waals surface area contributed by atoms with Crippen molar-refractivity contribution in [1.82, 2.24) is 4.90 Å². The lowest BCUT2D eigenvalue weighted by molar-refractivity contribution is -0.132. The number of amides is 1. The highest BCUT2D eigenvalue weighted by Gasteiger charge is 2.20. The minimum absolute atomic E-state index is 0.0199. The minimum atomic E-state index is -0.407. The van der Waals surface area contributed by atoms with Crippen molar-refractivity contribution in [1.29, 1.82) is 0 Å². The fourth-order valence-corrected chi connectivity index (χ4v) is 2.20. The number of hydrogen-bond acceptors (Lipinski definition) is 3. The van der Waals surface area contributed by atoms with E-state index in [-0.39, 0.29) is 30.7 Å². The SMILES string of the molecule is NC1CCCN(C(=O)CCOc2ccccc2F)C1. The highest BCUT2D eigenvalue weighted by Crippen LogP contribution is 2.16. The van der Waals surface area contributed by atoms with Gasteiger partial charge in [-0.15, -0.1) is 0 Å². The Morgan fingerprint density at radius 1 is 1.47 bits per heavy atom. The minimum Gasteiger partial charge on any atom is -0.490 e. The van der Waals surface area contributed by atoms with Crippen LogP contribution in [0.1, 0.15) is 19.3 Å². The zero-order valence-electron chi connectivity index (χ0n) is 10.8. The third kappa shape index (κ3) is 3.92. The normalized spacial score (nSPS) is 19.3. The number of carbonyl (C=O) groups is 1. The Morgan fingerprint density at radius 3 is 3.00 bits per heavy atom. The van der Waals surface area contributed by atoms with Gasteiger partial charge in [0.2, 0.25) is 5.91 Å². The van der Waals surface area contributed by atoms with E-state index >= 15 is 0 Å². The summed E-state index contributed by atoms with van der Waals surface area (Å²) < 4.78 is 18.6. The summed E-state index contributed by atoms with van der Waals surface area (Å²) in [6.45, 7) is 1.55. The average Bonchev–Trinajstić information content (AvgIpc) is 2.41. The maximum absolute atomic E-state index is 13.3. The molecule has 0 bridgehead atoms. The summed E-state index contributed by atoms with van der Waals surface area (Å²) >= 11 is 0. The maximum atomic E-state index is 13.3. The molecule has 4 nitrogen and oxygen atoms in total. The molecule has 1 fully saturated rings. The Morgan fingerprint density at radius 2 is 2.26 bits per heavy atom. The summed E-state index contributed by atoms with van der Waals surface area (Å²) in [6, 6.07) is 6.26. The van der Waals surface area contributed by atoms with E-state index < -0.39 is 5.82 Å².